The van der Waals surface area contributed by atoms with Gasteiger partial charge in [0, 0.05) is 24.8 Å². The highest BCUT2D eigenvalue weighted by molar-refractivity contribution is 5.44. The number of aromatic hydroxyl groups is 1. The first-order chi connectivity index (χ1) is 9.32. The van der Waals surface area contributed by atoms with Gasteiger partial charge in [0.2, 0.25) is 0 Å². The Bertz CT molecular complexity index is 484. The molecule has 1 aliphatic heterocycles. The van der Waals surface area contributed by atoms with E-state index in [2.05, 4.69) is 0 Å². The van der Waals surface area contributed by atoms with E-state index in [0.717, 1.165) is 0 Å². The lowest BCUT2D eigenvalue weighted by Gasteiger charge is -2.30. The van der Waals surface area contributed by atoms with Gasteiger partial charge in [-0.2, -0.15) is 13.2 Å². The highest BCUT2D eigenvalue weighted by atomic mass is 19.4. The van der Waals surface area contributed by atoms with Crippen molar-refractivity contribution in [3.63, 3.8) is 0 Å². The molecular weight excluding hydrogens is 278 g/mol. The SMILES string of the molecule is N[C@H](c1c(C(F)(F)F)ccc(F)c1O)C1CCOCC1. The summed E-state index contributed by atoms with van der Waals surface area (Å²) in [6.45, 7) is 0.797. The molecule has 1 heterocycles. The van der Waals surface area contributed by atoms with E-state index in [-0.39, 0.29) is 5.92 Å². The monoisotopic (exact) mass is 293 g/mol. The number of hydrogen-bond acceptors (Lipinski definition) is 3. The van der Waals surface area contributed by atoms with Crippen LogP contribution in [0.25, 0.3) is 0 Å². The summed E-state index contributed by atoms with van der Waals surface area (Å²) in [7, 11) is 0. The van der Waals surface area contributed by atoms with Gasteiger partial charge in [-0.05, 0) is 30.9 Å². The zero-order valence-corrected chi connectivity index (χ0v) is 10.6. The maximum atomic E-state index is 13.4. The van der Waals surface area contributed by atoms with Crippen LogP contribution in [0.5, 0.6) is 5.75 Å². The van der Waals surface area contributed by atoms with Gasteiger partial charge in [0.05, 0.1) is 5.56 Å². The second-order valence-electron chi connectivity index (χ2n) is 4.83. The first-order valence-corrected chi connectivity index (χ1v) is 6.24. The molecule has 3 N–H and O–H groups in total. The van der Waals surface area contributed by atoms with E-state index < -0.39 is 34.9 Å². The van der Waals surface area contributed by atoms with Crippen LogP contribution in [-0.4, -0.2) is 18.3 Å². The predicted molar refractivity (Wildman–Crippen MR) is 63.5 cm³/mol. The second kappa shape index (κ2) is 5.57. The molecule has 0 aliphatic carbocycles. The Morgan fingerprint density at radius 2 is 1.85 bits per heavy atom. The van der Waals surface area contributed by atoms with E-state index in [1.54, 1.807) is 0 Å². The summed E-state index contributed by atoms with van der Waals surface area (Å²) >= 11 is 0. The van der Waals surface area contributed by atoms with Crippen LogP contribution in [0.1, 0.15) is 30.0 Å². The van der Waals surface area contributed by atoms with Crippen molar-refractivity contribution in [3.8, 4) is 5.75 Å². The van der Waals surface area contributed by atoms with Crippen LogP contribution in [0.3, 0.4) is 0 Å². The lowest BCUT2D eigenvalue weighted by molar-refractivity contribution is -0.138. The van der Waals surface area contributed by atoms with Crippen LogP contribution in [0.2, 0.25) is 0 Å². The zero-order valence-electron chi connectivity index (χ0n) is 10.6. The third-order valence-electron chi connectivity index (χ3n) is 3.58. The molecule has 0 radical (unpaired) electrons. The Morgan fingerprint density at radius 1 is 1.25 bits per heavy atom. The molecule has 0 saturated carbocycles. The summed E-state index contributed by atoms with van der Waals surface area (Å²) in [5.41, 5.74) is 4.20. The number of hydrogen-bond donors (Lipinski definition) is 2. The van der Waals surface area contributed by atoms with E-state index in [0.29, 0.717) is 38.2 Å². The molecule has 2 rings (SSSR count). The van der Waals surface area contributed by atoms with Gasteiger partial charge in [-0.1, -0.05) is 0 Å². The fourth-order valence-electron chi connectivity index (χ4n) is 2.48. The minimum absolute atomic E-state index is 0.280. The third kappa shape index (κ3) is 2.88. The molecule has 0 bridgehead atoms. The fraction of sp³-hybridized carbons (Fsp3) is 0.538. The normalized spacial score (nSPS) is 19.1. The average Bonchev–Trinajstić information content (AvgIpc) is 2.40. The van der Waals surface area contributed by atoms with Crippen molar-refractivity contribution in [3.05, 3.63) is 29.1 Å². The van der Waals surface area contributed by atoms with Crippen molar-refractivity contribution in [2.75, 3.05) is 13.2 Å². The Labute approximate surface area is 113 Å². The van der Waals surface area contributed by atoms with Gasteiger partial charge < -0.3 is 15.6 Å². The first-order valence-electron chi connectivity index (χ1n) is 6.24. The number of alkyl halides is 3. The molecule has 1 saturated heterocycles. The molecule has 20 heavy (non-hydrogen) atoms. The molecule has 1 aromatic carbocycles. The van der Waals surface area contributed by atoms with Gasteiger partial charge in [-0.15, -0.1) is 0 Å². The largest absolute Gasteiger partial charge is 0.505 e. The summed E-state index contributed by atoms with van der Waals surface area (Å²) in [5.74, 6) is -2.40. The summed E-state index contributed by atoms with van der Waals surface area (Å²) < 4.78 is 57.4. The molecule has 0 spiro atoms. The molecule has 1 fully saturated rings. The molecule has 0 aromatic heterocycles. The lowest BCUT2D eigenvalue weighted by atomic mass is 9.85. The summed E-state index contributed by atoms with van der Waals surface area (Å²) in [6, 6.07) is 0.133. The highest BCUT2D eigenvalue weighted by Gasteiger charge is 2.38. The molecule has 0 unspecified atom stereocenters. The molecule has 1 aliphatic rings. The quantitative estimate of drug-likeness (QED) is 0.824. The molecule has 3 nitrogen and oxygen atoms in total. The maximum Gasteiger partial charge on any atom is 0.416 e. The Morgan fingerprint density at radius 3 is 2.40 bits per heavy atom. The Kier molecular flexibility index (Phi) is 4.19. The van der Waals surface area contributed by atoms with Gasteiger partial charge in [0.25, 0.3) is 0 Å². The van der Waals surface area contributed by atoms with Crippen molar-refractivity contribution in [1.82, 2.24) is 0 Å². The summed E-state index contributed by atoms with van der Waals surface area (Å²) in [6.07, 6.45) is -3.73. The van der Waals surface area contributed by atoms with Gasteiger partial charge in [0.15, 0.2) is 11.6 Å². The number of benzene rings is 1. The van der Waals surface area contributed by atoms with Crippen LogP contribution in [0, 0.1) is 11.7 Å². The molecule has 1 atom stereocenters. The Balaban J connectivity index is 2.44. The highest BCUT2D eigenvalue weighted by Crippen LogP contribution is 2.42. The van der Waals surface area contributed by atoms with E-state index in [1.807, 2.05) is 0 Å². The maximum absolute atomic E-state index is 13.4. The molecule has 1 aromatic rings. The van der Waals surface area contributed by atoms with E-state index in [1.165, 1.54) is 0 Å². The van der Waals surface area contributed by atoms with Crippen LogP contribution < -0.4 is 5.73 Å². The van der Waals surface area contributed by atoms with Crippen molar-refractivity contribution in [2.24, 2.45) is 11.7 Å². The van der Waals surface area contributed by atoms with Crippen molar-refractivity contribution in [1.29, 1.82) is 0 Å². The smallest absolute Gasteiger partial charge is 0.416 e. The fourth-order valence-corrected chi connectivity index (χ4v) is 2.48. The van der Waals surface area contributed by atoms with E-state index >= 15 is 0 Å². The molecule has 112 valence electrons. The van der Waals surface area contributed by atoms with Gasteiger partial charge in [-0.25, -0.2) is 4.39 Å². The number of phenolic OH excluding ortho intramolecular Hbond substituents is 1. The third-order valence-corrected chi connectivity index (χ3v) is 3.58. The zero-order chi connectivity index (χ0) is 14.9. The van der Waals surface area contributed by atoms with Crippen LogP contribution in [0.4, 0.5) is 17.6 Å². The van der Waals surface area contributed by atoms with Crippen molar-refractivity contribution < 1.29 is 27.4 Å². The molecular formula is C13H15F4NO2. The molecule has 7 heteroatoms. The second-order valence-corrected chi connectivity index (χ2v) is 4.83. The van der Waals surface area contributed by atoms with Crippen LogP contribution in [-0.2, 0) is 10.9 Å². The number of halogens is 4. The number of nitrogens with two attached hydrogens (primary N) is 1. The van der Waals surface area contributed by atoms with Crippen LogP contribution in [0.15, 0.2) is 12.1 Å². The topological polar surface area (TPSA) is 55.5 Å². The number of ether oxygens (including phenoxy) is 1. The van der Waals surface area contributed by atoms with Gasteiger partial charge in [-0.3, -0.25) is 0 Å². The standard InChI is InChI=1S/C13H15F4NO2/c14-9-2-1-8(13(15,16)17)10(12(9)19)11(18)7-3-5-20-6-4-7/h1-2,7,11,19H,3-6,18H2/t11-/m0/s1. The predicted octanol–water partition coefficient (Wildman–Crippen LogP) is 2.98. The number of phenols is 1. The van der Waals surface area contributed by atoms with Crippen molar-refractivity contribution in [2.45, 2.75) is 25.1 Å². The summed E-state index contributed by atoms with van der Waals surface area (Å²) in [5, 5.41) is 9.66. The lowest BCUT2D eigenvalue weighted by Crippen LogP contribution is -2.29. The van der Waals surface area contributed by atoms with Crippen LogP contribution >= 0.6 is 0 Å². The average molecular weight is 293 g/mol. The summed E-state index contributed by atoms with van der Waals surface area (Å²) in [4.78, 5) is 0. The van der Waals surface area contributed by atoms with Gasteiger partial charge >= 0.3 is 6.18 Å². The minimum atomic E-state index is -4.69. The Hall–Kier alpha value is -1.34. The van der Waals surface area contributed by atoms with E-state index in [9.17, 15) is 22.7 Å². The number of rotatable bonds is 2. The minimum Gasteiger partial charge on any atom is -0.505 e. The van der Waals surface area contributed by atoms with Crippen molar-refractivity contribution >= 4 is 0 Å². The first kappa shape index (κ1) is 15.1. The van der Waals surface area contributed by atoms with Gasteiger partial charge in [0.1, 0.15) is 0 Å². The van der Waals surface area contributed by atoms with E-state index in [4.69, 9.17) is 10.5 Å². The molecule has 0 amide bonds.